The summed E-state index contributed by atoms with van der Waals surface area (Å²) in [5.41, 5.74) is 1.20. The average molecular weight is 218 g/mol. The standard InChI is InChI=1S/C13H18N2O/c1-9-2-5-13(14-6-9)15-7-10-3-4-12(16)11(10)8-15/h2,5-6,10-12,16H,3-4,7-8H2,1H3. The quantitative estimate of drug-likeness (QED) is 0.777. The van der Waals surface area contributed by atoms with Gasteiger partial charge in [-0.1, -0.05) is 6.07 Å². The lowest BCUT2D eigenvalue weighted by Crippen LogP contribution is -2.25. The van der Waals surface area contributed by atoms with E-state index in [4.69, 9.17) is 0 Å². The van der Waals surface area contributed by atoms with E-state index in [-0.39, 0.29) is 6.10 Å². The highest BCUT2D eigenvalue weighted by atomic mass is 16.3. The van der Waals surface area contributed by atoms with E-state index < -0.39 is 0 Å². The Bertz CT molecular complexity index is 376. The first-order valence-corrected chi connectivity index (χ1v) is 6.10. The van der Waals surface area contributed by atoms with Crippen LogP contribution in [0.25, 0.3) is 0 Å². The van der Waals surface area contributed by atoms with Gasteiger partial charge >= 0.3 is 0 Å². The van der Waals surface area contributed by atoms with E-state index in [1.54, 1.807) is 0 Å². The third kappa shape index (κ3) is 1.59. The second kappa shape index (κ2) is 3.74. The molecule has 86 valence electrons. The minimum atomic E-state index is -0.0829. The van der Waals surface area contributed by atoms with E-state index in [1.165, 1.54) is 12.0 Å². The van der Waals surface area contributed by atoms with E-state index in [0.29, 0.717) is 11.8 Å². The third-order valence-corrected chi connectivity index (χ3v) is 4.04. The first kappa shape index (κ1) is 10.1. The number of hydrogen-bond donors (Lipinski definition) is 1. The van der Waals surface area contributed by atoms with Gasteiger partial charge in [-0.25, -0.2) is 4.98 Å². The summed E-state index contributed by atoms with van der Waals surface area (Å²) >= 11 is 0. The number of aryl methyl sites for hydroxylation is 1. The first-order valence-electron chi connectivity index (χ1n) is 6.10. The molecule has 3 nitrogen and oxygen atoms in total. The van der Waals surface area contributed by atoms with E-state index in [0.717, 1.165) is 25.3 Å². The van der Waals surface area contributed by atoms with Crippen LogP contribution in [-0.2, 0) is 0 Å². The second-order valence-corrected chi connectivity index (χ2v) is 5.17. The molecule has 0 aromatic carbocycles. The summed E-state index contributed by atoms with van der Waals surface area (Å²) in [6.07, 6.45) is 4.00. The molecule has 1 aromatic rings. The molecular formula is C13H18N2O. The lowest BCUT2D eigenvalue weighted by atomic mass is 10.00. The molecular weight excluding hydrogens is 200 g/mol. The van der Waals surface area contributed by atoms with Crippen molar-refractivity contribution in [3.05, 3.63) is 23.9 Å². The second-order valence-electron chi connectivity index (χ2n) is 5.17. The lowest BCUT2D eigenvalue weighted by molar-refractivity contribution is 0.133. The summed E-state index contributed by atoms with van der Waals surface area (Å²) in [4.78, 5) is 6.77. The van der Waals surface area contributed by atoms with E-state index >= 15 is 0 Å². The van der Waals surface area contributed by atoms with Gasteiger partial charge in [0.25, 0.3) is 0 Å². The van der Waals surface area contributed by atoms with E-state index in [2.05, 4.69) is 28.9 Å². The molecule has 1 aliphatic heterocycles. The molecule has 3 unspecified atom stereocenters. The maximum atomic E-state index is 9.86. The summed E-state index contributed by atoms with van der Waals surface area (Å²) in [5.74, 6) is 2.22. The Morgan fingerprint density at radius 3 is 2.88 bits per heavy atom. The van der Waals surface area contributed by atoms with Gasteiger partial charge in [0.15, 0.2) is 0 Å². The number of aromatic nitrogens is 1. The number of rotatable bonds is 1. The molecule has 1 aromatic heterocycles. The highest BCUT2D eigenvalue weighted by Crippen LogP contribution is 2.39. The number of aliphatic hydroxyl groups is 1. The van der Waals surface area contributed by atoms with Crippen LogP contribution in [0, 0.1) is 18.8 Å². The topological polar surface area (TPSA) is 36.4 Å². The van der Waals surface area contributed by atoms with Crippen molar-refractivity contribution in [2.24, 2.45) is 11.8 Å². The van der Waals surface area contributed by atoms with Crippen molar-refractivity contribution in [1.82, 2.24) is 4.98 Å². The van der Waals surface area contributed by atoms with Crippen LogP contribution in [0.3, 0.4) is 0 Å². The molecule has 3 atom stereocenters. The fraction of sp³-hybridized carbons (Fsp3) is 0.615. The molecule has 0 spiro atoms. The number of hydrogen-bond acceptors (Lipinski definition) is 3. The van der Waals surface area contributed by atoms with Gasteiger partial charge in [-0.05, 0) is 37.3 Å². The highest BCUT2D eigenvalue weighted by Gasteiger charge is 2.42. The summed E-state index contributed by atoms with van der Waals surface area (Å²) in [7, 11) is 0. The maximum Gasteiger partial charge on any atom is 0.128 e. The van der Waals surface area contributed by atoms with Crippen molar-refractivity contribution in [3.8, 4) is 0 Å². The van der Waals surface area contributed by atoms with Crippen molar-refractivity contribution in [2.75, 3.05) is 18.0 Å². The van der Waals surface area contributed by atoms with Gasteiger partial charge in [0.1, 0.15) is 5.82 Å². The van der Waals surface area contributed by atoms with Crippen LogP contribution in [0.1, 0.15) is 18.4 Å². The fourth-order valence-electron chi connectivity index (χ4n) is 3.07. The van der Waals surface area contributed by atoms with Crippen LogP contribution >= 0.6 is 0 Å². The fourth-order valence-corrected chi connectivity index (χ4v) is 3.07. The van der Waals surface area contributed by atoms with Crippen molar-refractivity contribution in [2.45, 2.75) is 25.9 Å². The normalized spacial score (nSPS) is 33.1. The zero-order chi connectivity index (χ0) is 11.1. The molecule has 2 aliphatic rings. The van der Waals surface area contributed by atoms with Crippen LogP contribution in [0.4, 0.5) is 5.82 Å². The van der Waals surface area contributed by atoms with Gasteiger partial charge in [0, 0.05) is 25.2 Å². The molecule has 1 aliphatic carbocycles. The van der Waals surface area contributed by atoms with Crippen molar-refractivity contribution >= 4 is 5.82 Å². The summed E-state index contributed by atoms with van der Waals surface area (Å²) in [5, 5.41) is 9.86. The zero-order valence-electron chi connectivity index (χ0n) is 9.63. The van der Waals surface area contributed by atoms with Crippen molar-refractivity contribution in [3.63, 3.8) is 0 Å². The Labute approximate surface area is 96.1 Å². The molecule has 0 amide bonds. The molecule has 1 saturated heterocycles. The summed E-state index contributed by atoms with van der Waals surface area (Å²) in [6.45, 7) is 4.10. The minimum Gasteiger partial charge on any atom is -0.393 e. The smallest absolute Gasteiger partial charge is 0.128 e. The summed E-state index contributed by atoms with van der Waals surface area (Å²) < 4.78 is 0. The Morgan fingerprint density at radius 1 is 1.31 bits per heavy atom. The molecule has 3 rings (SSSR count). The lowest BCUT2D eigenvalue weighted by Gasteiger charge is -2.19. The minimum absolute atomic E-state index is 0.0829. The third-order valence-electron chi connectivity index (χ3n) is 4.04. The van der Waals surface area contributed by atoms with Crippen LogP contribution in [0.5, 0.6) is 0 Å². The number of anilines is 1. The van der Waals surface area contributed by atoms with Crippen LogP contribution < -0.4 is 4.90 Å². The molecule has 0 radical (unpaired) electrons. The molecule has 2 heterocycles. The maximum absolute atomic E-state index is 9.86. The van der Waals surface area contributed by atoms with E-state index in [9.17, 15) is 5.11 Å². The zero-order valence-corrected chi connectivity index (χ0v) is 9.63. The molecule has 16 heavy (non-hydrogen) atoms. The van der Waals surface area contributed by atoms with Gasteiger partial charge in [-0.2, -0.15) is 0 Å². The SMILES string of the molecule is Cc1ccc(N2CC3CCC(O)C3C2)nc1. The van der Waals surface area contributed by atoms with Gasteiger partial charge in [0.05, 0.1) is 6.10 Å². The van der Waals surface area contributed by atoms with Crippen molar-refractivity contribution in [1.29, 1.82) is 0 Å². The molecule has 2 fully saturated rings. The molecule has 1 N–H and O–H groups in total. The summed E-state index contributed by atoms with van der Waals surface area (Å²) in [6, 6.07) is 4.19. The predicted molar refractivity (Wildman–Crippen MR) is 63.4 cm³/mol. The molecule has 3 heteroatoms. The Hall–Kier alpha value is -1.09. The Morgan fingerprint density at radius 2 is 2.19 bits per heavy atom. The Kier molecular flexibility index (Phi) is 2.36. The number of nitrogens with zero attached hydrogens (tertiary/aromatic N) is 2. The van der Waals surface area contributed by atoms with E-state index in [1.807, 2.05) is 6.20 Å². The van der Waals surface area contributed by atoms with Gasteiger partial charge in [-0.15, -0.1) is 0 Å². The first-order chi connectivity index (χ1) is 7.74. The van der Waals surface area contributed by atoms with Crippen LogP contribution in [0.15, 0.2) is 18.3 Å². The average Bonchev–Trinajstić information content (AvgIpc) is 2.83. The number of fused-ring (bicyclic) bond motifs is 1. The van der Waals surface area contributed by atoms with Crippen LogP contribution in [-0.4, -0.2) is 29.3 Å². The monoisotopic (exact) mass is 218 g/mol. The van der Waals surface area contributed by atoms with Gasteiger partial charge < -0.3 is 10.0 Å². The van der Waals surface area contributed by atoms with Crippen molar-refractivity contribution < 1.29 is 5.11 Å². The van der Waals surface area contributed by atoms with Crippen LogP contribution in [0.2, 0.25) is 0 Å². The molecule has 1 saturated carbocycles. The Balaban J connectivity index is 1.76. The number of aliphatic hydroxyl groups excluding tert-OH is 1. The predicted octanol–water partition coefficient (Wildman–Crippen LogP) is 1.60. The largest absolute Gasteiger partial charge is 0.393 e. The number of pyridine rings is 1. The van der Waals surface area contributed by atoms with Gasteiger partial charge in [0.2, 0.25) is 0 Å². The highest BCUT2D eigenvalue weighted by molar-refractivity contribution is 5.41. The molecule has 0 bridgehead atoms. The van der Waals surface area contributed by atoms with Gasteiger partial charge in [-0.3, -0.25) is 0 Å².